The van der Waals surface area contributed by atoms with Crippen LogP contribution in [0.1, 0.15) is 19.8 Å². The highest BCUT2D eigenvalue weighted by molar-refractivity contribution is 7.99. The lowest BCUT2D eigenvalue weighted by molar-refractivity contribution is -0.128. The van der Waals surface area contributed by atoms with Crippen molar-refractivity contribution in [1.29, 1.82) is 10.5 Å². The van der Waals surface area contributed by atoms with Gasteiger partial charge in [0.25, 0.3) is 0 Å². The molecule has 106 valence electrons. The van der Waals surface area contributed by atoms with Crippen LogP contribution in [0.15, 0.2) is 11.5 Å². The molecule has 0 fully saturated rings. The summed E-state index contributed by atoms with van der Waals surface area (Å²) in [6, 6.07) is 4.01. The van der Waals surface area contributed by atoms with Crippen molar-refractivity contribution in [1.82, 2.24) is 19.7 Å². The molecule has 0 aromatic carbocycles. The zero-order valence-corrected chi connectivity index (χ0v) is 12.1. The van der Waals surface area contributed by atoms with E-state index in [9.17, 15) is 4.79 Å². The van der Waals surface area contributed by atoms with Crippen LogP contribution in [0.25, 0.3) is 0 Å². The number of thioether (sulfide) groups is 1. The van der Waals surface area contributed by atoms with Gasteiger partial charge in [-0.25, -0.2) is 0 Å². The molecule has 1 rings (SSSR count). The molecule has 0 bridgehead atoms. The molecule has 20 heavy (non-hydrogen) atoms. The average Bonchev–Trinajstić information content (AvgIpc) is 2.92. The van der Waals surface area contributed by atoms with E-state index in [4.69, 9.17) is 10.5 Å². The molecule has 1 aromatic rings. The number of hydrogen-bond acceptors (Lipinski definition) is 6. The van der Waals surface area contributed by atoms with Crippen molar-refractivity contribution in [2.45, 2.75) is 31.5 Å². The Kier molecular flexibility index (Phi) is 7.15. The first-order valence-corrected chi connectivity index (χ1v) is 7.23. The molecule has 0 N–H and O–H groups in total. The smallest absolute Gasteiger partial charge is 0.233 e. The summed E-state index contributed by atoms with van der Waals surface area (Å²) in [6.45, 7) is 3.44. The van der Waals surface area contributed by atoms with Gasteiger partial charge in [-0.1, -0.05) is 11.8 Å². The molecule has 1 heterocycles. The van der Waals surface area contributed by atoms with Crippen molar-refractivity contribution in [3.05, 3.63) is 6.33 Å². The molecule has 0 radical (unpaired) electrons. The fourth-order valence-electron chi connectivity index (χ4n) is 1.52. The highest BCUT2D eigenvalue weighted by Crippen LogP contribution is 2.15. The molecule has 7 nitrogen and oxygen atoms in total. The van der Waals surface area contributed by atoms with Gasteiger partial charge in [0.1, 0.15) is 6.33 Å². The first-order valence-electron chi connectivity index (χ1n) is 6.25. The molecule has 0 spiro atoms. The van der Waals surface area contributed by atoms with Gasteiger partial charge in [0.2, 0.25) is 5.91 Å². The predicted octanol–water partition coefficient (Wildman–Crippen LogP) is 1.05. The first kappa shape index (κ1) is 16.0. The van der Waals surface area contributed by atoms with Crippen molar-refractivity contribution in [2.75, 3.05) is 18.8 Å². The van der Waals surface area contributed by atoms with Crippen LogP contribution < -0.4 is 0 Å². The molecule has 0 saturated heterocycles. The lowest BCUT2D eigenvalue weighted by atomic mass is 10.3. The van der Waals surface area contributed by atoms with Gasteiger partial charge in [-0.15, -0.1) is 10.2 Å². The predicted molar refractivity (Wildman–Crippen MR) is 73.5 cm³/mol. The third-order valence-corrected chi connectivity index (χ3v) is 3.55. The summed E-state index contributed by atoms with van der Waals surface area (Å²) < 4.78 is 1.85. The largest absolute Gasteiger partial charge is 0.340 e. The average molecular weight is 292 g/mol. The Labute approximate surface area is 122 Å². The molecular weight excluding hydrogens is 276 g/mol. The number of rotatable bonds is 8. The third-order valence-electron chi connectivity index (χ3n) is 2.59. The highest BCUT2D eigenvalue weighted by Gasteiger charge is 2.15. The minimum absolute atomic E-state index is 0.0915. The van der Waals surface area contributed by atoms with E-state index >= 15 is 0 Å². The van der Waals surface area contributed by atoms with Gasteiger partial charge in [0.05, 0.1) is 30.7 Å². The molecule has 0 aliphatic carbocycles. The van der Waals surface area contributed by atoms with Crippen molar-refractivity contribution in [2.24, 2.45) is 0 Å². The maximum atomic E-state index is 12.1. The van der Waals surface area contributed by atoms with Gasteiger partial charge in [-0.2, -0.15) is 10.5 Å². The Morgan fingerprint density at radius 2 is 2.05 bits per heavy atom. The van der Waals surface area contributed by atoms with Gasteiger partial charge in [-0.3, -0.25) is 4.79 Å². The molecule has 0 aliphatic rings. The van der Waals surface area contributed by atoms with Crippen LogP contribution in [0.3, 0.4) is 0 Å². The van der Waals surface area contributed by atoms with Gasteiger partial charge < -0.3 is 9.47 Å². The van der Waals surface area contributed by atoms with E-state index in [1.165, 1.54) is 11.8 Å². The second kappa shape index (κ2) is 8.94. The Morgan fingerprint density at radius 1 is 1.40 bits per heavy atom. The topological polar surface area (TPSA) is 98.6 Å². The number of nitriles is 2. The van der Waals surface area contributed by atoms with Gasteiger partial charge in [0, 0.05) is 19.6 Å². The standard InChI is InChI=1S/C12H16N6OS/c1-2-17-10-15-16-12(17)20-9-11(19)18(7-3-5-13)8-4-6-14/h10H,2-4,7-9H2,1H3. The van der Waals surface area contributed by atoms with Crippen LogP contribution in [0.5, 0.6) is 0 Å². The minimum Gasteiger partial charge on any atom is -0.340 e. The van der Waals surface area contributed by atoms with Crippen LogP contribution in [-0.4, -0.2) is 44.4 Å². The number of aryl methyl sites for hydroxylation is 1. The maximum absolute atomic E-state index is 12.1. The number of amides is 1. The second-order valence-corrected chi connectivity index (χ2v) is 4.83. The lowest BCUT2D eigenvalue weighted by Crippen LogP contribution is -2.34. The fourth-order valence-corrected chi connectivity index (χ4v) is 2.40. The van der Waals surface area contributed by atoms with E-state index in [0.717, 1.165) is 6.54 Å². The van der Waals surface area contributed by atoms with Crippen LogP contribution in [-0.2, 0) is 11.3 Å². The minimum atomic E-state index is -0.0915. The molecule has 0 saturated carbocycles. The summed E-state index contributed by atoms with van der Waals surface area (Å²) >= 11 is 1.31. The van der Waals surface area contributed by atoms with Crippen LogP contribution >= 0.6 is 11.8 Å². The van der Waals surface area contributed by atoms with Gasteiger partial charge in [-0.05, 0) is 6.92 Å². The Balaban J connectivity index is 2.53. The Morgan fingerprint density at radius 3 is 2.60 bits per heavy atom. The quantitative estimate of drug-likeness (QED) is 0.664. The molecule has 0 unspecified atom stereocenters. The number of carbonyl (C=O) groups is 1. The second-order valence-electron chi connectivity index (χ2n) is 3.89. The zero-order chi connectivity index (χ0) is 14.8. The summed E-state index contributed by atoms with van der Waals surface area (Å²) in [5, 5.41) is 25.6. The third kappa shape index (κ3) is 4.90. The molecular formula is C12H16N6OS. The summed E-state index contributed by atoms with van der Waals surface area (Å²) in [5.74, 6) is 0.140. The SMILES string of the molecule is CCn1cnnc1SCC(=O)N(CCC#N)CCC#N. The zero-order valence-electron chi connectivity index (χ0n) is 11.3. The van der Waals surface area contributed by atoms with Crippen LogP contribution in [0.2, 0.25) is 0 Å². The van der Waals surface area contributed by atoms with E-state index in [2.05, 4.69) is 10.2 Å². The van der Waals surface area contributed by atoms with Crippen LogP contribution in [0, 0.1) is 22.7 Å². The number of hydrogen-bond donors (Lipinski definition) is 0. The van der Waals surface area contributed by atoms with E-state index < -0.39 is 0 Å². The van der Waals surface area contributed by atoms with E-state index in [-0.39, 0.29) is 24.5 Å². The Hall–Kier alpha value is -2.06. The maximum Gasteiger partial charge on any atom is 0.233 e. The molecule has 0 aliphatic heterocycles. The lowest BCUT2D eigenvalue weighted by Gasteiger charge is -2.19. The molecule has 0 atom stereocenters. The first-order chi connectivity index (χ1) is 9.72. The Bertz CT molecular complexity index is 497. The summed E-state index contributed by atoms with van der Waals surface area (Å²) in [7, 11) is 0. The van der Waals surface area contributed by atoms with Crippen molar-refractivity contribution >= 4 is 17.7 Å². The summed E-state index contributed by atoms with van der Waals surface area (Å²) in [5.41, 5.74) is 0. The number of aromatic nitrogens is 3. The van der Waals surface area contributed by atoms with Gasteiger partial charge in [0.15, 0.2) is 5.16 Å². The van der Waals surface area contributed by atoms with Crippen LogP contribution in [0.4, 0.5) is 0 Å². The number of carbonyl (C=O) groups excluding carboxylic acids is 1. The monoisotopic (exact) mass is 292 g/mol. The summed E-state index contributed by atoms with van der Waals surface area (Å²) in [6.07, 6.45) is 2.16. The van der Waals surface area contributed by atoms with Crippen molar-refractivity contribution in [3.63, 3.8) is 0 Å². The van der Waals surface area contributed by atoms with Crippen molar-refractivity contribution < 1.29 is 4.79 Å². The summed E-state index contributed by atoms with van der Waals surface area (Å²) in [4.78, 5) is 13.6. The fraction of sp³-hybridized carbons (Fsp3) is 0.583. The van der Waals surface area contributed by atoms with E-state index in [1.54, 1.807) is 11.2 Å². The van der Waals surface area contributed by atoms with E-state index in [1.807, 2.05) is 23.6 Å². The molecule has 8 heteroatoms. The molecule has 1 amide bonds. The van der Waals surface area contributed by atoms with E-state index in [0.29, 0.717) is 18.2 Å². The molecule has 1 aromatic heterocycles. The van der Waals surface area contributed by atoms with Crippen molar-refractivity contribution in [3.8, 4) is 12.1 Å². The number of nitrogens with zero attached hydrogens (tertiary/aromatic N) is 6. The normalized spacial score (nSPS) is 9.75. The highest BCUT2D eigenvalue weighted by atomic mass is 32.2. The van der Waals surface area contributed by atoms with Gasteiger partial charge >= 0.3 is 0 Å².